The molecule has 1 aromatic heterocycles. The van der Waals surface area contributed by atoms with Gasteiger partial charge in [0.05, 0.1) is 41.2 Å². The van der Waals surface area contributed by atoms with Crippen LogP contribution in [0, 0.1) is 0 Å². The van der Waals surface area contributed by atoms with Gasteiger partial charge >= 0.3 is 5.97 Å². The normalized spacial score (nSPS) is 15.7. The van der Waals surface area contributed by atoms with E-state index in [1.54, 1.807) is 48.6 Å². The lowest BCUT2D eigenvalue weighted by Gasteiger charge is -2.41. The first-order chi connectivity index (χ1) is 30.4. The van der Waals surface area contributed by atoms with Gasteiger partial charge in [0.25, 0.3) is 26.1 Å². The number of anilines is 2. The number of hydrogen-bond donors (Lipinski definition) is 5. The molecule has 5 N–H and O–H groups in total. The third kappa shape index (κ3) is 9.64. The van der Waals surface area contributed by atoms with Crippen LogP contribution in [-0.4, -0.2) is 97.0 Å². The number of ether oxygens (including phenoxy) is 1. The number of carbonyl (C=O) groups excluding carboxylic acids is 2. The Balaban J connectivity index is 1.35. The summed E-state index contributed by atoms with van der Waals surface area (Å²) < 4.78 is 78.1. The van der Waals surface area contributed by atoms with E-state index < -0.39 is 60.6 Å². The number of nitrogens with one attached hydrogen (secondary N) is 2. The van der Waals surface area contributed by atoms with Crippen molar-refractivity contribution in [3.8, 4) is 11.5 Å². The van der Waals surface area contributed by atoms with Crippen LogP contribution in [0.2, 0.25) is 0 Å². The predicted octanol–water partition coefficient (Wildman–Crippen LogP) is 4.39. The zero-order chi connectivity index (χ0) is 47.4. The Kier molecular flexibility index (Phi) is 12.0. The van der Waals surface area contributed by atoms with Gasteiger partial charge in [-0.3, -0.25) is 23.7 Å². The molecule has 338 valence electrons. The van der Waals surface area contributed by atoms with Gasteiger partial charge in [-0.2, -0.15) is 16.8 Å². The number of rotatable bonds is 13. The summed E-state index contributed by atoms with van der Waals surface area (Å²) in [7, 11) is -5.44. The van der Waals surface area contributed by atoms with Gasteiger partial charge < -0.3 is 25.4 Å². The van der Waals surface area contributed by atoms with E-state index >= 15 is 0 Å². The molecule has 3 aromatic carbocycles. The van der Waals surface area contributed by atoms with Gasteiger partial charge in [-0.25, -0.2) is 9.37 Å². The first kappa shape index (κ1) is 46.1. The van der Waals surface area contributed by atoms with Crippen LogP contribution in [0.15, 0.2) is 78.1 Å². The number of aromatic carboxylic acids is 1. The van der Waals surface area contributed by atoms with Crippen molar-refractivity contribution in [2.24, 2.45) is 5.11 Å². The van der Waals surface area contributed by atoms with Crippen molar-refractivity contribution in [1.82, 2.24) is 14.9 Å². The van der Waals surface area contributed by atoms with E-state index in [9.17, 15) is 45.4 Å². The van der Waals surface area contributed by atoms with E-state index in [1.165, 1.54) is 24.4 Å². The number of pyridine rings is 1. The quantitative estimate of drug-likeness (QED) is 0.0361. The van der Waals surface area contributed by atoms with Crippen LogP contribution in [0.4, 0.5) is 11.4 Å². The summed E-state index contributed by atoms with van der Waals surface area (Å²) in [4.78, 5) is 48.1. The van der Waals surface area contributed by atoms with Crippen molar-refractivity contribution in [3.63, 3.8) is 0 Å². The Hall–Kier alpha value is -6.90. The van der Waals surface area contributed by atoms with E-state index in [4.69, 9.17) is 10.3 Å². The number of fused-ring (bicyclic) bond motifs is 4. The highest BCUT2D eigenvalue weighted by Crippen LogP contribution is 2.47. The van der Waals surface area contributed by atoms with Gasteiger partial charge in [0.1, 0.15) is 30.1 Å². The standard InChI is InChI=1S/C44H44N8O11S2/c1-43(2)18-25(22-64(57,58)59)30-14-33-37(16-35(30)51(43)5)63-38-17-36-31(26(23-65(60,61)62)19-44(3,4)52(36)6)15-34(38)40(33)29-10-7-24(13-32(29)42(55)56)41(54)46-12-11-39(53)49-28-9-8-27(47-20-28)21-48-50-45/h7-10,13-20H,11-12,21-23H2,1-6H3,(H4-,46,49,53,54,55,56,57,58,59,60,61,62)/p+1. The third-order valence-electron chi connectivity index (χ3n) is 11.7. The summed E-state index contributed by atoms with van der Waals surface area (Å²) in [5.41, 5.74) is 10.2. The smallest absolute Gasteiger partial charge is 0.336 e. The first-order valence-corrected chi connectivity index (χ1v) is 23.2. The minimum atomic E-state index is -4.53. The molecule has 65 heavy (non-hydrogen) atoms. The number of azide groups is 1. The molecule has 0 unspecified atom stereocenters. The van der Waals surface area contributed by atoms with Crippen molar-refractivity contribution in [2.75, 3.05) is 42.4 Å². The largest absolute Gasteiger partial charge is 0.478 e. The fraction of sp³-hybridized carbons (Fsp3) is 0.295. The topological polar surface area (TPSA) is 281 Å². The number of aromatic nitrogens is 1. The van der Waals surface area contributed by atoms with Crippen molar-refractivity contribution in [3.05, 3.63) is 133 Å². The molecule has 0 spiro atoms. The number of carboxylic acid groups (broad SMARTS) is 1. The van der Waals surface area contributed by atoms with Crippen molar-refractivity contribution in [2.45, 2.75) is 51.7 Å². The number of benzene rings is 3. The minimum Gasteiger partial charge on any atom is -0.478 e. The third-order valence-corrected chi connectivity index (χ3v) is 13.0. The number of nitrogens with zero attached hydrogens (tertiary/aromatic N) is 6. The maximum Gasteiger partial charge on any atom is 0.336 e. The summed E-state index contributed by atoms with van der Waals surface area (Å²) in [6.07, 6.45) is 4.69. The maximum atomic E-state index is 13.5. The van der Waals surface area contributed by atoms with Gasteiger partial charge in [-0.15, -0.1) is 0 Å². The second kappa shape index (κ2) is 16.9. The SMILES string of the molecule is CN1c2cc3c(cc2C(CS(=O)(=O)O)=CC1(C)C)C(c1ccc(C(=O)NCCC(=O)Nc2ccc(CN=[N+]=[N-])nc2)cc1C(=O)O)=c1cc2c(cc1O3)=[N+](C)C(C)(C)C=C2CS(=O)(=O)O. The molecule has 2 amide bonds. The van der Waals surface area contributed by atoms with E-state index in [2.05, 4.69) is 25.6 Å². The Morgan fingerprint density at radius 3 is 2.22 bits per heavy atom. The number of hydrogen-bond acceptors (Lipinski definition) is 11. The molecule has 0 atom stereocenters. The van der Waals surface area contributed by atoms with Gasteiger partial charge in [0.2, 0.25) is 11.3 Å². The summed E-state index contributed by atoms with van der Waals surface area (Å²) in [5.74, 6) is -3.44. The zero-order valence-electron chi connectivity index (χ0n) is 36.1. The molecule has 21 heteroatoms. The molecule has 3 aliphatic heterocycles. The van der Waals surface area contributed by atoms with Crippen molar-refractivity contribution in [1.29, 1.82) is 0 Å². The minimum absolute atomic E-state index is 0.0418. The van der Waals surface area contributed by atoms with Crippen LogP contribution in [0.5, 0.6) is 11.5 Å². The lowest BCUT2D eigenvalue weighted by molar-refractivity contribution is -0.116. The molecule has 0 radical (unpaired) electrons. The second-order valence-corrected chi connectivity index (χ2v) is 19.9. The van der Waals surface area contributed by atoms with E-state index in [0.29, 0.717) is 44.3 Å². The fourth-order valence-electron chi connectivity index (χ4n) is 8.17. The fourth-order valence-corrected chi connectivity index (χ4v) is 9.43. The molecular formula is C44H45N8O11S2+. The van der Waals surface area contributed by atoms with E-state index in [-0.39, 0.29) is 64.4 Å². The van der Waals surface area contributed by atoms with Crippen LogP contribution in [0.3, 0.4) is 0 Å². The lowest BCUT2D eigenvalue weighted by atomic mass is 9.83. The molecule has 0 aliphatic carbocycles. The van der Waals surface area contributed by atoms with Crippen LogP contribution < -0.4 is 35.4 Å². The van der Waals surface area contributed by atoms with Crippen LogP contribution in [0.25, 0.3) is 27.2 Å². The predicted molar refractivity (Wildman–Crippen MR) is 242 cm³/mol. The Bertz CT molecular complexity index is 3210. The van der Waals surface area contributed by atoms with E-state index in [0.717, 1.165) is 0 Å². The monoisotopic (exact) mass is 925 g/mol. The van der Waals surface area contributed by atoms with Crippen molar-refractivity contribution < 1.29 is 50.2 Å². The molecular weight excluding hydrogens is 881 g/mol. The molecule has 3 aliphatic rings. The molecule has 19 nitrogen and oxygen atoms in total. The lowest BCUT2D eigenvalue weighted by Crippen LogP contribution is -2.47. The second-order valence-electron chi connectivity index (χ2n) is 17.0. The summed E-state index contributed by atoms with van der Waals surface area (Å²) in [6.45, 7) is 7.41. The molecule has 4 aromatic rings. The van der Waals surface area contributed by atoms with Crippen LogP contribution in [-0.2, 0) is 31.6 Å². The highest BCUT2D eigenvalue weighted by Gasteiger charge is 2.37. The first-order valence-electron chi connectivity index (χ1n) is 20.0. The number of amides is 2. The van der Waals surface area contributed by atoms with Gasteiger partial charge in [-0.1, -0.05) is 17.3 Å². The maximum absolute atomic E-state index is 13.5. The zero-order valence-corrected chi connectivity index (χ0v) is 37.7. The van der Waals surface area contributed by atoms with Gasteiger partial charge in [0.15, 0.2) is 5.54 Å². The average Bonchev–Trinajstić information content (AvgIpc) is 3.21. The van der Waals surface area contributed by atoms with E-state index in [1.807, 2.05) is 51.3 Å². The van der Waals surface area contributed by atoms with Gasteiger partial charge in [0, 0.05) is 83.7 Å². The summed E-state index contributed by atoms with van der Waals surface area (Å²) >= 11 is 0. The highest BCUT2D eigenvalue weighted by molar-refractivity contribution is 7.86. The number of carboxylic acids is 1. The molecule has 7 rings (SSSR count). The molecule has 0 saturated heterocycles. The molecule has 0 saturated carbocycles. The molecule has 0 bridgehead atoms. The van der Waals surface area contributed by atoms with Gasteiger partial charge in [-0.05, 0) is 78.6 Å². The summed E-state index contributed by atoms with van der Waals surface area (Å²) in [5, 5.41) is 20.4. The Labute approximate surface area is 373 Å². The number of likely N-dealkylation sites (N-methyl/N-ethyl adjacent to an activating group) is 2. The molecule has 0 fully saturated rings. The number of carbonyl (C=O) groups is 3. The summed E-state index contributed by atoms with van der Waals surface area (Å²) in [6, 6.07) is 13.9. The van der Waals surface area contributed by atoms with Crippen LogP contribution >= 0.6 is 0 Å². The average molecular weight is 926 g/mol. The highest BCUT2D eigenvalue weighted by atomic mass is 32.2. The Morgan fingerprint density at radius 2 is 1.58 bits per heavy atom. The Morgan fingerprint density at radius 1 is 0.892 bits per heavy atom. The van der Waals surface area contributed by atoms with Crippen LogP contribution in [0.1, 0.15) is 82.8 Å². The molecule has 4 heterocycles. The van der Waals surface area contributed by atoms with Crippen molar-refractivity contribution >= 4 is 66.1 Å².